The van der Waals surface area contributed by atoms with Gasteiger partial charge in [0.05, 0.1) is 0 Å². The topological polar surface area (TPSA) is 26.3 Å². The van der Waals surface area contributed by atoms with Gasteiger partial charge in [-0.3, -0.25) is 4.79 Å². The quantitative estimate of drug-likeness (QED) is 0.575. The molecule has 132 valence electrons. The fourth-order valence-corrected chi connectivity index (χ4v) is 6.85. The van der Waals surface area contributed by atoms with E-state index in [9.17, 15) is 4.79 Å². The Morgan fingerprint density at radius 3 is 2.75 bits per heavy atom. The van der Waals surface area contributed by atoms with Gasteiger partial charge in [0.1, 0.15) is 6.10 Å². The minimum absolute atomic E-state index is 0.117. The standard InChI is InChI=1S/C21H29ClO2/c1-13(23)24-19-7-6-17-16-5-4-14-12-15(22)8-10-20(14,2)18(16)9-11-21(17,19)3/h4,12,16-19H,5-11H2,1-3H3/t16-,17-,18-,19-,20-,21-/m0/s1. The molecule has 0 spiro atoms. The average Bonchev–Trinajstić information content (AvgIpc) is 2.84. The maximum absolute atomic E-state index is 11.5. The van der Waals surface area contributed by atoms with Crippen LogP contribution in [0.2, 0.25) is 0 Å². The maximum atomic E-state index is 11.5. The molecule has 4 rings (SSSR count). The number of esters is 1. The zero-order valence-electron chi connectivity index (χ0n) is 15.1. The van der Waals surface area contributed by atoms with Crippen molar-refractivity contribution in [2.45, 2.75) is 71.8 Å². The maximum Gasteiger partial charge on any atom is 0.302 e. The predicted molar refractivity (Wildman–Crippen MR) is 96.6 cm³/mol. The van der Waals surface area contributed by atoms with Crippen LogP contribution in [0.3, 0.4) is 0 Å². The van der Waals surface area contributed by atoms with Crippen LogP contribution in [0.15, 0.2) is 22.8 Å². The van der Waals surface area contributed by atoms with Gasteiger partial charge in [0.25, 0.3) is 0 Å². The Balaban J connectivity index is 1.64. The van der Waals surface area contributed by atoms with Gasteiger partial charge in [-0.15, -0.1) is 0 Å². The zero-order chi connectivity index (χ0) is 17.1. The minimum Gasteiger partial charge on any atom is -0.462 e. The summed E-state index contributed by atoms with van der Waals surface area (Å²) < 4.78 is 5.73. The summed E-state index contributed by atoms with van der Waals surface area (Å²) >= 11 is 6.32. The van der Waals surface area contributed by atoms with E-state index in [2.05, 4.69) is 26.0 Å². The summed E-state index contributed by atoms with van der Waals surface area (Å²) in [5.41, 5.74) is 1.96. The summed E-state index contributed by atoms with van der Waals surface area (Å²) in [7, 11) is 0. The highest BCUT2D eigenvalue weighted by Gasteiger charge is 2.59. The summed E-state index contributed by atoms with van der Waals surface area (Å²) in [6.07, 6.45) is 12.9. The second-order valence-electron chi connectivity index (χ2n) is 9.00. The zero-order valence-corrected chi connectivity index (χ0v) is 15.9. The highest BCUT2D eigenvalue weighted by atomic mass is 35.5. The number of rotatable bonds is 1. The Morgan fingerprint density at radius 1 is 1.21 bits per heavy atom. The van der Waals surface area contributed by atoms with Crippen molar-refractivity contribution < 1.29 is 9.53 Å². The van der Waals surface area contributed by atoms with Gasteiger partial charge >= 0.3 is 5.97 Å². The minimum atomic E-state index is -0.117. The second kappa shape index (κ2) is 5.62. The Hall–Kier alpha value is -0.760. The highest BCUT2D eigenvalue weighted by Crippen LogP contribution is 2.65. The molecular formula is C21H29ClO2. The normalized spacial score (nSPS) is 47.0. The van der Waals surface area contributed by atoms with Crippen molar-refractivity contribution in [3.05, 3.63) is 22.8 Å². The SMILES string of the molecule is CC(=O)O[C@H]1CC[C@H]2[C@@H]3CC=C4C=C(Cl)CC[C@]4(C)[C@H]3CC[C@]12C. The van der Waals surface area contributed by atoms with Crippen molar-refractivity contribution in [1.29, 1.82) is 0 Å². The third-order valence-electron chi connectivity index (χ3n) is 7.94. The molecule has 0 radical (unpaired) electrons. The molecular weight excluding hydrogens is 320 g/mol. The third kappa shape index (κ3) is 2.32. The van der Waals surface area contributed by atoms with E-state index in [4.69, 9.17) is 16.3 Å². The average molecular weight is 349 g/mol. The molecule has 0 N–H and O–H groups in total. The molecule has 3 heteroatoms. The first-order valence-corrected chi connectivity index (χ1v) is 9.96. The second-order valence-corrected chi connectivity index (χ2v) is 9.49. The lowest BCUT2D eigenvalue weighted by atomic mass is 9.49. The predicted octanol–water partition coefficient (Wildman–Crippen LogP) is 5.61. The van der Waals surface area contributed by atoms with Gasteiger partial charge in [0, 0.05) is 17.4 Å². The van der Waals surface area contributed by atoms with Crippen LogP contribution < -0.4 is 0 Å². The van der Waals surface area contributed by atoms with Gasteiger partial charge in [0.2, 0.25) is 0 Å². The number of fused-ring (bicyclic) bond motifs is 5. The molecule has 24 heavy (non-hydrogen) atoms. The molecule has 4 aliphatic rings. The molecule has 0 unspecified atom stereocenters. The van der Waals surface area contributed by atoms with Crippen LogP contribution >= 0.6 is 11.6 Å². The van der Waals surface area contributed by atoms with E-state index in [1.54, 1.807) is 6.92 Å². The van der Waals surface area contributed by atoms with Gasteiger partial charge in [-0.25, -0.2) is 0 Å². The fraction of sp³-hybridized carbons (Fsp3) is 0.762. The lowest BCUT2D eigenvalue weighted by Gasteiger charge is -2.56. The van der Waals surface area contributed by atoms with Crippen LogP contribution in [0.1, 0.15) is 65.7 Å². The number of allylic oxidation sites excluding steroid dienone is 4. The van der Waals surface area contributed by atoms with Gasteiger partial charge in [-0.1, -0.05) is 31.5 Å². The van der Waals surface area contributed by atoms with Crippen molar-refractivity contribution in [2.24, 2.45) is 28.6 Å². The molecule has 4 aliphatic carbocycles. The van der Waals surface area contributed by atoms with E-state index >= 15 is 0 Å². The van der Waals surface area contributed by atoms with Crippen LogP contribution in [0.5, 0.6) is 0 Å². The molecule has 2 fully saturated rings. The molecule has 0 aromatic rings. The Morgan fingerprint density at radius 2 is 2.00 bits per heavy atom. The number of halogens is 1. The molecule has 0 saturated heterocycles. The smallest absolute Gasteiger partial charge is 0.302 e. The Kier molecular flexibility index (Phi) is 3.91. The number of carbonyl (C=O) groups is 1. The molecule has 0 bridgehead atoms. The van der Waals surface area contributed by atoms with E-state index in [1.165, 1.54) is 37.7 Å². The third-order valence-corrected chi connectivity index (χ3v) is 8.24. The largest absolute Gasteiger partial charge is 0.462 e. The van der Waals surface area contributed by atoms with E-state index in [0.717, 1.165) is 29.7 Å². The van der Waals surface area contributed by atoms with Crippen LogP contribution in [0.25, 0.3) is 0 Å². The first kappa shape index (κ1) is 16.7. The molecule has 0 heterocycles. The van der Waals surface area contributed by atoms with Crippen molar-refractivity contribution >= 4 is 17.6 Å². The summed E-state index contributed by atoms with van der Waals surface area (Å²) in [5, 5.41) is 1.02. The molecule has 0 amide bonds. The van der Waals surface area contributed by atoms with Crippen molar-refractivity contribution in [2.75, 3.05) is 0 Å². The van der Waals surface area contributed by atoms with Crippen molar-refractivity contribution in [3.8, 4) is 0 Å². The number of carbonyl (C=O) groups excluding carboxylic acids is 1. The Labute approximate surface area is 150 Å². The summed E-state index contributed by atoms with van der Waals surface area (Å²) in [6, 6.07) is 0. The van der Waals surface area contributed by atoms with Gasteiger partial charge in [-0.2, -0.15) is 0 Å². The van der Waals surface area contributed by atoms with Crippen LogP contribution in [-0.4, -0.2) is 12.1 Å². The first-order chi connectivity index (χ1) is 11.3. The molecule has 0 aromatic carbocycles. The first-order valence-electron chi connectivity index (χ1n) is 9.58. The lowest BCUT2D eigenvalue weighted by molar-refractivity contribution is -0.156. The summed E-state index contributed by atoms with van der Waals surface area (Å²) in [6.45, 7) is 6.40. The van der Waals surface area contributed by atoms with Gasteiger partial charge in [-0.05, 0) is 79.8 Å². The molecule has 0 aliphatic heterocycles. The molecule has 2 nitrogen and oxygen atoms in total. The van der Waals surface area contributed by atoms with Gasteiger partial charge < -0.3 is 4.74 Å². The summed E-state index contributed by atoms with van der Waals surface area (Å²) in [5.74, 6) is 2.07. The lowest BCUT2D eigenvalue weighted by Crippen LogP contribution is -2.50. The monoisotopic (exact) mass is 348 g/mol. The van der Waals surface area contributed by atoms with E-state index in [1.807, 2.05) is 0 Å². The van der Waals surface area contributed by atoms with E-state index in [-0.39, 0.29) is 17.5 Å². The van der Waals surface area contributed by atoms with Gasteiger partial charge in [0.15, 0.2) is 0 Å². The summed E-state index contributed by atoms with van der Waals surface area (Å²) in [4.78, 5) is 11.5. The molecule has 0 aromatic heterocycles. The number of hydrogen-bond acceptors (Lipinski definition) is 2. The van der Waals surface area contributed by atoms with E-state index in [0.29, 0.717) is 11.3 Å². The number of ether oxygens (including phenoxy) is 1. The highest BCUT2D eigenvalue weighted by molar-refractivity contribution is 6.29. The molecule has 2 saturated carbocycles. The van der Waals surface area contributed by atoms with Crippen molar-refractivity contribution in [3.63, 3.8) is 0 Å². The Bertz CT molecular complexity index is 621. The van der Waals surface area contributed by atoms with Crippen LogP contribution in [0, 0.1) is 28.6 Å². The van der Waals surface area contributed by atoms with Crippen LogP contribution in [0.4, 0.5) is 0 Å². The van der Waals surface area contributed by atoms with E-state index < -0.39 is 0 Å². The fourth-order valence-electron chi connectivity index (χ4n) is 6.64. The van der Waals surface area contributed by atoms with Crippen molar-refractivity contribution in [1.82, 2.24) is 0 Å². The van der Waals surface area contributed by atoms with Crippen LogP contribution in [-0.2, 0) is 9.53 Å². The molecule has 6 atom stereocenters. The number of hydrogen-bond donors (Lipinski definition) is 0.